The van der Waals surface area contributed by atoms with Crippen molar-refractivity contribution < 1.29 is 39.8 Å². The van der Waals surface area contributed by atoms with E-state index in [4.69, 9.17) is 9.47 Å². The molecule has 1 aliphatic rings. The predicted octanol–water partition coefficient (Wildman–Crippen LogP) is 11.8. The van der Waals surface area contributed by atoms with Crippen molar-refractivity contribution in [3.8, 4) is 0 Å². The Hall–Kier alpha value is -1.85. The fraction of sp³-hybridized carbons (Fsp3) is 0.830. The molecule has 0 spiro atoms. The van der Waals surface area contributed by atoms with Crippen molar-refractivity contribution in [3.63, 3.8) is 0 Å². The molecule has 0 aromatic heterocycles. The van der Waals surface area contributed by atoms with Crippen LogP contribution in [0.2, 0.25) is 0 Å². The van der Waals surface area contributed by atoms with Crippen LogP contribution < -0.4 is 5.32 Å². The third-order valence-corrected chi connectivity index (χ3v) is 12.1. The maximum absolute atomic E-state index is 13.0. The minimum atomic E-state index is -1.57. The van der Waals surface area contributed by atoms with E-state index in [0.29, 0.717) is 6.42 Å². The van der Waals surface area contributed by atoms with E-state index in [1.54, 1.807) is 6.08 Å². The molecule has 9 nitrogen and oxygen atoms in total. The highest BCUT2D eigenvalue weighted by molar-refractivity contribution is 5.76. The Kier molecular flexibility index (Phi) is 40.4. The largest absolute Gasteiger partial charge is 0.394 e. The number of carbonyl (C=O) groups is 1. The minimum Gasteiger partial charge on any atom is -0.394 e. The molecule has 0 aliphatic carbocycles. The first-order valence-electron chi connectivity index (χ1n) is 25.9. The first kappa shape index (κ1) is 58.2. The van der Waals surface area contributed by atoms with Gasteiger partial charge in [0.1, 0.15) is 24.4 Å². The van der Waals surface area contributed by atoms with Crippen LogP contribution in [0.4, 0.5) is 0 Å². The molecule has 62 heavy (non-hydrogen) atoms. The second kappa shape index (κ2) is 43.1. The summed E-state index contributed by atoms with van der Waals surface area (Å²) < 4.78 is 11.2. The van der Waals surface area contributed by atoms with Crippen LogP contribution in [-0.4, -0.2) is 87.5 Å². The van der Waals surface area contributed by atoms with Gasteiger partial charge in [-0.3, -0.25) is 4.79 Å². The normalized spacial score (nSPS) is 20.7. The smallest absolute Gasteiger partial charge is 0.220 e. The molecule has 1 amide bonds. The minimum absolute atomic E-state index is 0.189. The Morgan fingerprint density at radius 2 is 0.952 bits per heavy atom. The van der Waals surface area contributed by atoms with Gasteiger partial charge < -0.3 is 40.3 Å². The average molecular weight is 876 g/mol. The summed E-state index contributed by atoms with van der Waals surface area (Å²) in [5.74, 6) is -0.189. The van der Waals surface area contributed by atoms with E-state index in [9.17, 15) is 30.3 Å². The quantitative estimate of drug-likeness (QED) is 0.0262. The lowest BCUT2D eigenvalue weighted by molar-refractivity contribution is -0.302. The molecular formula is C53H97NO8. The van der Waals surface area contributed by atoms with Crippen LogP contribution in [0.5, 0.6) is 0 Å². The molecule has 1 fully saturated rings. The molecule has 0 aromatic rings. The first-order chi connectivity index (χ1) is 30.3. The molecule has 9 heteroatoms. The number of nitrogens with one attached hydrogen (secondary N) is 1. The van der Waals surface area contributed by atoms with Crippen molar-refractivity contribution >= 4 is 5.91 Å². The summed E-state index contributed by atoms with van der Waals surface area (Å²) in [7, 11) is 0. The zero-order valence-electron chi connectivity index (χ0n) is 39.9. The highest BCUT2D eigenvalue weighted by Gasteiger charge is 2.44. The van der Waals surface area contributed by atoms with E-state index in [1.807, 2.05) is 6.08 Å². The van der Waals surface area contributed by atoms with E-state index in [1.165, 1.54) is 141 Å². The zero-order valence-corrected chi connectivity index (χ0v) is 39.9. The second-order valence-electron chi connectivity index (χ2n) is 18.0. The molecule has 362 valence electrons. The molecule has 6 N–H and O–H groups in total. The monoisotopic (exact) mass is 876 g/mol. The Balaban J connectivity index is 2.32. The maximum atomic E-state index is 13.0. The van der Waals surface area contributed by atoms with E-state index in [-0.39, 0.29) is 12.5 Å². The standard InChI is InChI=1S/C53H97NO8/c1-3-5-7-9-11-13-15-17-19-21-23-25-26-28-30-32-34-36-38-40-42-47(56)46(45-61-53-52(60)51(59)50(58)48(44-55)62-53)54-49(57)43-41-39-37-35-33-31-29-27-24-22-20-18-16-14-12-10-8-6-4-2/h12,14,18,20,24,27,40,42,46-48,50-53,55-56,58-60H,3-11,13,15-17,19,21-23,25-26,28-39,41,43-45H2,1-2H3,(H,54,57)/b14-12-,20-18-,27-24-,42-40+. The summed E-state index contributed by atoms with van der Waals surface area (Å²) in [6.45, 7) is 3.75. The van der Waals surface area contributed by atoms with Gasteiger partial charge in [0.05, 0.1) is 25.4 Å². The lowest BCUT2D eigenvalue weighted by Gasteiger charge is -2.40. The average Bonchev–Trinajstić information content (AvgIpc) is 3.27. The summed E-state index contributed by atoms with van der Waals surface area (Å²) in [5.41, 5.74) is 0. The van der Waals surface area contributed by atoms with Gasteiger partial charge in [-0.1, -0.05) is 210 Å². The van der Waals surface area contributed by atoms with Crippen LogP contribution in [0.3, 0.4) is 0 Å². The van der Waals surface area contributed by atoms with Crippen molar-refractivity contribution in [1.82, 2.24) is 5.32 Å². The van der Waals surface area contributed by atoms with Gasteiger partial charge in [-0.25, -0.2) is 0 Å². The molecule has 0 bridgehead atoms. The van der Waals surface area contributed by atoms with Crippen molar-refractivity contribution in [2.24, 2.45) is 0 Å². The Morgan fingerprint density at radius 3 is 1.44 bits per heavy atom. The van der Waals surface area contributed by atoms with Gasteiger partial charge in [0.25, 0.3) is 0 Å². The van der Waals surface area contributed by atoms with Gasteiger partial charge in [-0.2, -0.15) is 0 Å². The number of amides is 1. The van der Waals surface area contributed by atoms with Gasteiger partial charge in [-0.15, -0.1) is 0 Å². The number of aliphatic hydroxyl groups is 5. The van der Waals surface area contributed by atoms with Gasteiger partial charge in [0.15, 0.2) is 6.29 Å². The number of hydrogen-bond donors (Lipinski definition) is 6. The SMILES string of the molecule is CCCCC/C=C\C/C=C\C/C=C\CCCCCCCCC(=O)NC(COC1OC(CO)C(O)C(O)C1O)C(O)/C=C/CCCCCCCCCCCCCCCCCCCC. The number of ether oxygens (including phenoxy) is 2. The number of hydrogen-bond acceptors (Lipinski definition) is 8. The van der Waals surface area contributed by atoms with E-state index in [0.717, 1.165) is 64.2 Å². The molecule has 1 aliphatic heterocycles. The first-order valence-corrected chi connectivity index (χ1v) is 25.9. The van der Waals surface area contributed by atoms with Crippen molar-refractivity contribution in [2.75, 3.05) is 13.2 Å². The summed E-state index contributed by atoms with van der Waals surface area (Å²) in [4.78, 5) is 13.0. The van der Waals surface area contributed by atoms with Crippen LogP contribution in [-0.2, 0) is 14.3 Å². The summed E-state index contributed by atoms with van der Waals surface area (Å²) in [6, 6.07) is -0.813. The van der Waals surface area contributed by atoms with E-state index < -0.39 is 49.5 Å². The number of carbonyl (C=O) groups excluding carboxylic acids is 1. The summed E-state index contributed by atoms with van der Waals surface area (Å²) >= 11 is 0. The third kappa shape index (κ3) is 32.8. The van der Waals surface area contributed by atoms with Gasteiger partial charge >= 0.3 is 0 Å². The fourth-order valence-corrected chi connectivity index (χ4v) is 7.99. The van der Waals surface area contributed by atoms with Gasteiger partial charge in [0.2, 0.25) is 5.91 Å². The molecule has 7 atom stereocenters. The topological polar surface area (TPSA) is 149 Å². The predicted molar refractivity (Wildman–Crippen MR) is 258 cm³/mol. The molecule has 1 saturated heterocycles. The zero-order chi connectivity index (χ0) is 45.1. The molecule has 0 aromatic carbocycles. The molecule has 0 saturated carbocycles. The van der Waals surface area contributed by atoms with Crippen molar-refractivity contribution in [2.45, 2.75) is 269 Å². The Morgan fingerprint density at radius 1 is 0.548 bits per heavy atom. The lowest BCUT2D eigenvalue weighted by Crippen LogP contribution is -2.60. The highest BCUT2D eigenvalue weighted by atomic mass is 16.7. The van der Waals surface area contributed by atoms with Crippen LogP contribution in [0.25, 0.3) is 0 Å². The van der Waals surface area contributed by atoms with E-state index >= 15 is 0 Å². The molecular weight excluding hydrogens is 779 g/mol. The van der Waals surface area contributed by atoms with Crippen LogP contribution in [0.15, 0.2) is 48.6 Å². The summed E-state index contributed by atoms with van der Waals surface area (Å²) in [5, 5.41) is 54.4. The number of rotatable bonds is 43. The maximum Gasteiger partial charge on any atom is 0.220 e. The molecule has 0 radical (unpaired) electrons. The van der Waals surface area contributed by atoms with E-state index in [2.05, 4.69) is 55.6 Å². The highest BCUT2D eigenvalue weighted by Crippen LogP contribution is 2.23. The Labute approximate surface area is 380 Å². The Bertz CT molecular complexity index is 1110. The fourth-order valence-electron chi connectivity index (χ4n) is 7.99. The van der Waals surface area contributed by atoms with Crippen molar-refractivity contribution in [3.05, 3.63) is 48.6 Å². The molecule has 7 unspecified atom stereocenters. The lowest BCUT2D eigenvalue weighted by atomic mass is 9.99. The second-order valence-corrected chi connectivity index (χ2v) is 18.0. The number of aliphatic hydroxyl groups excluding tert-OH is 5. The van der Waals surface area contributed by atoms with Crippen LogP contribution >= 0.6 is 0 Å². The summed E-state index contributed by atoms with van der Waals surface area (Å²) in [6.07, 6.45) is 48.6. The van der Waals surface area contributed by atoms with Gasteiger partial charge in [0, 0.05) is 6.42 Å². The van der Waals surface area contributed by atoms with Gasteiger partial charge in [-0.05, 0) is 57.8 Å². The van der Waals surface area contributed by atoms with Crippen molar-refractivity contribution in [1.29, 1.82) is 0 Å². The van der Waals surface area contributed by atoms with Crippen LogP contribution in [0.1, 0.15) is 226 Å². The molecule has 1 heterocycles. The number of allylic oxidation sites excluding steroid dienone is 7. The number of unbranched alkanes of at least 4 members (excludes halogenated alkanes) is 27. The molecule has 1 rings (SSSR count). The third-order valence-electron chi connectivity index (χ3n) is 12.1. The van der Waals surface area contributed by atoms with Crippen LogP contribution in [0, 0.1) is 0 Å².